The molecule has 6 nitrogen and oxygen atoms in total. The molecule has 1 atom stereocenters. The van der Waals surface area contributed by atoms with Gasteiger partial charge in [0.05, 0.1) is 12.2 Å². The van der Waals surface area contributed by atoms with Gasteiger partial charge < -0.3 is 10.6 Å². The molecule has 0 aliphatic heterocycles. The van der Waals surface area contributed by atoms with Crippen molar-refractivity contribution in [1.82, 2.24) is 20.6 Å². The Bertz CT molecular complexity index is 1160. The molecule has 2 aromatic heterocycles. The van der Waals surface area contributed by atoms with E-state index in [1.807, 2.05) is 53.9 Å². The molecule has 0 aliphatic carbocycles. The molecule has 1 unspecified atom stereocenters. The fraction of sp³-hybridized carbons (Fsp3) is 0.120. The van der Waals surface area contributed by atoms with Gasteiger partial charge in [0.1, 0.15) is 11.0 Å². The zero-order valence-electron chi connectivity index (χ0n) is 17.3. The number of hydrogen-bond donors (Lipinski definition) is 2. The highest BCUT2D eigenvalue weighted by Gasteiger charge is 2.22. The summed E-state index contributed by atoms with van der Waals surface area (Å²) in [6.07, 6.45) is 3.84. The van der Waals surface area contributed by atoms with E-state index in [4.69, 9.17) is 0 Å². The molecule has 7 heteroatoms. The minimum absolute atomic E-state index is 0.251. The Kier molecular flexibility index (Phi) is 6.99. The highest BCUT2D eigenvalue weighted by atomic mass is 32.1. The van der Waals surface area contributed by atoms with Crippen molar-refractivity contribution >= 4 is 23.2 Å². The average molecular weight is 443 g/mol. The number of hydrogen-bond acceptors (Lipinski definition) is 5. The highest BCUT2D eigenvalue weighted by Crippen LogP contribution is 2.21. The maximum Gasteiger partial charge on any atom is 0.251 e. The van der Waals surface area contributed by atoms with Crippen molar-refractivity contribution in [1.29, 1.82) is 0 Å². The Labute approximate surface area is 190 Å². The average Bonchev–Trinajstić information content (AvgIpc) is 3.33. The molecular formula is C25H22N4O2S. The molecule has 0 aliphatic rings. The van der Waals surface area contributed by atoms with Gasteiger partial charge >= 0.3 is 0 Å². The monoisotopic (exact) mass is 442 g/mol. The van der Waals surface area contributed by atoms with Gasteiger partial charge in [-0.2, -0.15) is 0 Å². The van der Waals surface area contributed by atoms with Crippen LogP contribution in [0, 0.1) is 0 Å². The second-order valence-electron chi connectivity index (χ2n) is 7.16. The lowest BCUT2D eigenvalue weighted by molar-refractivity contribution is -0.123. The third kappa shape index (κ3) is 5.65. The molecule has 2 aromatic carbocycles. The number of nitrogens with one attached hydrogen (secondary N) is 2. The lowest BCUT2D eigenvalue weighted by Gasteiger charge is -2.18. The molecule has 0 saturated heterocycles. The summed E-state index contributed by atoms with van der Waals surface area (Å²) >= 11 is 1.48. The van der Waals surface area contributed by atoms with Crippen molar-refractivity contribution in [2.75, 3.05) is 0 Å². The van der Waals surface area contributed by atoms with E-state index in [2.05, 4.69) is 20.6 Å². The molecule has 0 fully saturated rings. The number of benzene rings is 2. The summed E-state index contributed by atoms with van der Waals surface area (Å²) in [4.78, 5) is 34.3. The van der Waals surface area contributed by atoms with Crippen LogP contribution in [-0.4, -0.2) is 27.8 Å². The lowest BCUT2D eigenvalue weighted by Crippen LogP contribution is -2.47. The van der Waals surface area contributed by atoms with Crippen LogP contribution in [0.5, 0.6) is 0 Å². The first-order valence-electron chi connectivity index (χ1n) is 10.2. The summed E-state index contributed by atoms with van der Waals surface area (Å²) < 4.78 is 0. The van der Waals surface area contributed by atoms with Gasteiger partial charge in [-0.3, -0.25) is 14.6 Å². The van der Waals surface area contributed by atoms with E-state index in [9.17, 15) is 9.59 Å². The van der Waals surface area contributed by atoms with Crippen molar-refractivity contribution in [3.63, 3.8) is 0 Å². The van der Waals surface area contributed by atoms with Crippen LogP contribution in [0.2, 0.25) is 0 Å². The minimum atomic E-state index is -0.704. The molecule has 32 heavy (non-hydrogen) atoms. The van der Waals surface area contributed by atoms with E-state index in [1.165, 1.54) is 11.3 Å². The highest BCUT2D eigenvalue weighted by molar-refractivity contribution is 7.09. The molecule has 0 bridgehead atoms. The fourth-order valence-corrected chi connectivity index (χ4v) is 3.97. The van der Waals surface area contributed by atoms with Gasteiger partial charge in [0, 0.05) is 35.3 Å². The maximum absolute atomic E-state index is 13.0. The SMILES string of the molecule is O=C(NC(Cc1ccccc1)C(=O)NCc1nc(-c2ccncc2)cs1)c1ccccc1. The minimum Gasteiger partial charge on any atom is -0.348 e. The van der Waals surface area contributed by atoms with Crippen molar-refractivity contribution < 1.29 is 9.59 Å². The number of amides is 2. The predicted molar refractivity (Wildman–Crippen MR) is 125 cm³/mol. The van der Waals surface area contributed by atoms with Gasteiger partial charge in [-0.1, -0.05) is 48.5 Å². The normalized spacial score (nSPS) is 11.5. The number of aromatic nitrogens is 2. The van der Waals surface area contributed by atoms with E-state index in [0.717, 1.165) is 21.8 Å². The van der Waals surface area contributed by atoms with Crippen molar-refractivity contribution in [2.45, 2.75) is 19.0 Å². The molecule has 0 radical (unpaired) electrons. The maximum atomic E-state index is 13.0. The lowest BCUT2D eigenvalue weighted by atomic mass is 10.0. The zero-order chi connectivity index (χ0) is 22.2. The zero-order valence-corrected chi connectivity index (χ0v) is 18.1. The van der Waals surface area contributed by atoms with E-state index in [-0.39, 0.29) is 11.8 Å². The summed E-state index contributed by atoms with van der Waals surface area (Å²) in [5.41, 5.74) is 3.31. The molecule has 4 rings (SSSR count). The van der Waals surface area contributed by atoms with Gasteiger partial charge in [0.2, 0.25) is 5.91 Å². The van der Waals surface area contributed by atoms with Crippen LogP contribution >= 0.6 is 11.3 Å². The van der Waals surface area contributed by atoms with Gasteiger partial charge in [0.25, 0.3) is 5.91 Å². The van der Waals surface area contributed by atoms with Crippen LogP contribution in [0.25, 0.3) is 11.3 Å². The molecule has 2 amide bonds. The van der Waals surface area contributed by atoms with Crippen molar-refractivity contribution in [2.24, 2.45) is 0 Å². The summed E-state index contributed by atoms with van der Waals surface area (Å²) in [6, 6.07) is 21.6. The predicted octanol–water partition coefficient (Wildman–Crippen LogP) is 3.86. The second-order valence-corrected chi connectivity index (χ2v) is 8.10. The molecule has 0 spiro atoms. The second kappa shape index (κ2) is 10.5. The summed E-state index contributed by atoms with van der Waals surface area (Å²) in [6.45, 7) is 0.293. The molecule has 4 aromatic rings. The first kappa shape index (κ1) is 21.4. The third-order valence-corrected chi connectivity index (χ3v) is 5.73. The first-order valence-corrected chi connectivity index (χ1v) is 11.1. The summed E-state index contributed by atoms with van der Waals surface area (Å²) in [5, 5.41) is 8.54. The molecule has 2 heterocycles. The van der Waals surface area contributed by atoms with Crippen LogP contribution in [-0.2, 0) is 17.8 Å². The Morgan fingerprint density at radius 2 is 1.59 bits per heavy atom. The summed E-state index contributed by atoms with van der Waals surface area (Å²) in [5.74, 6) is -0.533. The van der Waals surface area contributed by atoms with E-state index in [1.54, 1.807) is 36.7 Å². The Morgan fingerprint density at radius 1 is 0.906 bits per heavy atom. The summed E-state index contributed by atoms with van der Waals surface area (Å²) in [7, 11) is 0. The Hall–Kier alpha value is -3.84. The number of carbonyl (C=O) groups excluding carboxylic acids is 2. The van der Waals surface area contributed by atoms with E-state index >= 15 is 0 Å². The molecule has 0 saturated carbocycles. The van der Waals surface area contributed by atoms with Crippen molar-refractivity contribution in [3.05, 3.63) is 107 Å². The van der Waals surface area contributed by atoms with Gasteiger partial charge in [-0.05, 0) is 29.8 Å². The van der Waals surface area contributed by atoms with Crippen LogP contribution in [0.4, 0.5) is 0 Å². The largest absolute Gasteiger partial charge is 0.348 e. The molecule has 160 valence electrons. The van der Waals surface area contributed by atoms with Gasteiger partial charge in [-0.15, -0.1) is 11.3 Å². The van der Waals surface area contributed by atoms with E-state index < -0.39 is 6.04 Å². The molecule has 2 N–H and O–H groups in total. The smallest absolute Gasteiger partial charge is 0.251 e. The van der Waals surface area contributed by atoms with Crippen LogP contribution in [0.3, 0.4) is 0 Å². The van der Waals surface area contributed by atoms with E-state index in [0.29, 0.717) is 18.5 Å². The van der Waals surface area contributed by atoms with Gasteiger partial charge in [-0.25, -0.2) is 4.98 Å². The standard InChI is InChI=1S/C25H22N4O2S/c30-24(20-9-5-2-6-10-20)29-21(15-18-7-3-1-4-8-18)25(31)27-16-23-28-22(17-32-23)19-11-13-26-14-12-19/h1-14,17,21H,15-16H2,(H,27,31)(H,29,30). The number of pyridine rings is 1. The van der Waals surface area contributed by atoms with Crippen LogP contribution < -0.4 is 10.6 Å². The molecular weight excluding hydrogens is 420 g/mol. The first-order chi connectivity index (χ1) is 15.7. The number of thiazole rings is 1. The number of rotatable bonds is 8. The Morgan fingerprint density at radius 3 is 2.31 bits per heavy atom. The van der Waals surface area contributed by atoms with Crippen LogP contribution in [0.15, 0.2) is 90.6 Å². The topological polar surface area (TPSA) is 84.0 Å². The van der Waals surface area contributed by atoms with Crippen molar-refractivity contribution in [3.8, 4) is 11.3 Å². The van der Waals surface area contributed by atoms with Crippen LogP contribution in [0.1, 0.15) is 20.9 Å². The third-order valence-electron chi connectivity index (χ3n) is 4.88. The number of carbonyl (C=O) groups is 2. The quantitative estimate of drug-likeness (QED) is 0.434. The fourth-order valence-electron chi connectivity index (χ4n) is 3.22. The number of nitrogens with zero attached hydrogens (tertiary/aromatic N) is 2. The van der Waals surface area contributed by atoms with Gasteiger partial charge in [0.15, 0.2) is 0 Å². The Balaban J connectivity index is 1.43.